The van der Waals surface area contributed by atoms with Crippen LogP contribution in [-0.2, 0) is 15.0 Å². The number of carbonyl (C=O) groups is 2. The van der Waals surface area contributed by atoms with Crippen LogP contribution in [0.1, 0.15) is 50.7 Å². The SMILES string of the molecule is Cc1ccc(C(C)(C)C(=O)N2CC[C@@H](C(=O)NCCN3CCCCC3)C2)cc1. The first-order valence-corrected chi connectivity index (χ1v) is 10.7. The zero-order valence-electron chi connectivity index (χ0n) is 17.7. The van der Waals surface area contributed by atoms with Crippen LogP contribution in [0, 0.1) is 12.8 Å². The van der Waals surface area contributed by atoms with Gasteiger partial charge in [-0.2, -0.15) is 0 Å². The fourth-order valence-corrected chi connectivity index (χ4v) is 4.31. The standard InChI is InChI=1S/C23H35N3O2/c1-18-7-9-20(10-8-18)23(2,3)22(28)26-15-11-19(17-26)21(27)24-12-16-25-13-5-4-6-14-25/h7-10,19H,4-6,11-17H2,1-3H3,(H,24,27)/t19-/m1/s1. The molecule has 0 aliphatic carbocycles. The highest BCUT2D eigenvalue weighted by atomic mass is 16.2. The van der Waals surface area contributed by atoms with Gasteiger partial charge in [-0.25, -0.2) is 0 Å². The molecule has 1 atom stereocenters. The lowest BCUT2D eigenvalue weighted by Crippen LogP contribution is -2.44. The highest BCUT2D eigenvalue weighted by Crippen LogP contribution is 2.29. The summed E-state index contributed by atoms with van der Waals surface area (Å²) in [6.07, 6.45) is 4.62. The summed E-state index contributed by atoms with van der Waals surface area (Å²) in [6, 6.07) is 8.17. The molecule has 0 unspecified atom stereocenters. The molecule has 0 radical (unpaired) electrons. The van der Waals surface area contributed by atoms with Crippen LogP contribution in [0.5, 0.6) is 0 Å². The van der Waals surface area contributed by atoms with E-state index in [4.69, 9.17) is 0 Å². The fourth-order valence-electron chi connectivity index (χ4n) is 4.31. The molecule has 1 N–H and O–H groups in total. The average Bonchev–Trinajstić information content (AvgIpc) is 3.18. The Morgan fingerprint density at radius 2 is 1.75 bits per heavy atom. The van der Waals surface area contributed by atoms with Gasteiger partial charge in [0.15, 0.2) is 0 Å². The number of hydrogen-bond acceptors (Lipinski definition) is 3. The summed E-state index contributed by atoms with van der Waals surface area (Å²) < 4.78 is 0. The molecule has 2 fully saturated rings. The molecule has 0 spiro atoms. The maximum Gasteiger partial charge on any atom is 0.232 e. The number of aryl methyl sites for hydroxylation is 1. The average molecular weight is 386 g/mol. The van der Waals surface area contributed by atoms with Crippen LogP contribution in [0.2, 0.25) is 0 Å². The molecule has 2 heterocycles. The minimum Gasteiger partial charge on any atom is -0.355 e. The lowest BCUT2D eigenvalue weighted by Gasteiger charge is -2.30. The predicted molar refractivity (Wildman–Crippen MR) is 112 cm³/mol. The molecule has 0 aromatic heterocycles. The number of likely N-dealkylation sites (tertiary alicyclic amines) is 2. The predicted octanol–water partition coefficient (Wildman–Crippen LogP) is 2.72. The lowest BCUT2D eigenvalue weighted by atomic mass is 9.83. The van der Waals surface area contributed by atoms with E-state index in [2.05, 4.69) is 10.2 Å². The van der Waals surface area contributed by atoms with Gasteiger partial charge in [-0.15, -0.1) is 0 Å². The van der Waals surface area contributed by atoms with E-state index in [-0.39, 0.29) is 17.7 Å². The molecule has 1 aromatic carbocycles. The first kappa shape index (κ1) is 20.8. The molecular weight excluding hydrogens is 350 g/mol. The zero-order chi connectivity index (χ0) is 20.1. The van der Waals surface area contributed by atoms with Gasteiger partial charge < -0.3 is 15.1 Å². The third-order valence-electron chi connectivity index (χ3n) is 6.33. The Balaban J connectivity index is 1.48. The first-order valence-electron chi connectivity index (χ1n) is 10.7. The van der Waals surface area contributed by atoms with E-state index in [1.165, 1.54) is 24.8 Å². The summed E-state index contributed by atoms with van der Waals surface area (Å²) in [7, 11) is 0. The Kier molecular flexibility index (Phi) is 6.76. The highest BCUT2D eigenvalue weighted by molar-refractivity contribution is 5.89. The van der Waals surface area contributed by atoms with Crippen molar-refractivity contribution >= 4 is 11.8 Å². The molecule has 5 heteroatoms. The quantitative estimate of drug-likeness (QED) is 0.819. The molecule has 2 aliphatic heterocycles. The highest BCUT2D eigenvalue weighted by Gasteiger charge is 2.38. The minimum absolute atomic E-state index is 0.0841. The van der Waals surface area contributed by atoms with Crippen molar-refractivity contribution in [1.82, 2.24) is 15.1 Å². The van der Waals surface area contributed by atoms with Crippen molar-refractivity contribution < 1.29 is 9.59 Å². The summed E-state index contributed by atoms with van der Waals surface area (Å²) in [6.45, 7) is 11.1. The van der Waals surface area contributed by atoms with Crippen molar-refractivity contribution in [3.8, 4) is 0 Å². The van der Waals surface area contributed by atoms with Crippen LogP contribution in [0.15, 0.2) is 24.3 Å². The van der Waals surface area contributed by atoms with E-state index in [0.717, 1.165) is 31.6 Å². The molecule has 2 saturated heterocycles. The number of carbonyl (C=O) groups excluding carboxylic acids is 2. The van der Waals surface area contributed by atoms with Crippen LogP contribution < -0.4 is 5.32 Å². The van der Waals surface area contributed by atoms with Crippen LogP contribution in [0.3, 0.4) is 0 Å². The van der Waals surface area contributed by atoms with Crippen molar-refractivity contribution in [2.75, 3.05) is 39.3 Å². The van der Waals surface area contributed by atoms with Gasteiger partial charge in [-0.05, 0) is 58.7 Å². The minimum atomic E-state index is -0.576. The Hall–Kier alpha value is -1.88. The van der Waals surface area contributed by atoms with E-state index in [1.807, 2.05) is 49.9 Å². The Labute approximate surface area is 169 Å². The molecular formula is C23H35N3O2. The third-order valence-corrected chi connectivity index (χ3v) is 6.33. The van der Waals surface area contributed by atoms with Crippen LogP contribution in [-0.4, -0.2) is 60.9 Å². The number of piperidine rings is 1. The van der Waals surface area contributed by atoms with Crippen LogP contribution in [0.4, 0.5) is 0 Å². The zero-order valence-corrected chi connectivity index (χ0v) is 17.7. The van der Waals surface area contributed by atoms with Crippen LogP contribution >= 0.6 is 0 Å². The van der Waals surface area contributed by atoms with Crippen molar-refractivity contribution in [1.29, 1.82) is 0 Å². The first-order chi connectivity index (χ1) is 13.4. The summed E-state index contributed by atoms with van der Waals surface area (Å²) in [4.78, 5) is 30.0. The van der Waals surface area contributed by atoms with Gasteiger partial charge >= 0.3 is 0 Å². The number of hydrogen-bond donors (Lipinski definition) is 1. The van der Waals surface area contributed by atoms with Gasteiger partial charge in [0.25, 0.3) is 0 Å². The van der Waals surface area contributed by atoms with E-state index in [9.17, 15) is 9.59 Å². The van der Waals surface area contributed by atoms with Crippen LogP contribution in [0.25, 0.3) is 0 Å². The van der Waals surface area contributed by atoms with Crippen molar-refractivity contribution in [2.45, 2.75) is 51.9 Å². The second kappa shape index (κ2) is 9.08. The molecule has 0 bridgehead atoms. The molecule has 28 heavy (non-hydrogen) atoms. The summed E-state index contributed by atoms with van der Waals surface area (Å²) in [5.74, 6) is 0.125. The normalized spacial score (nSPS) is 21.0. The van der Waals surface area contributed by atoms with E-state index in [0.29, 0.717) is 19.6 Å². The Morgan fingerprint density at radius 1 is 1.07 bits per heavy atom. The number of nitrogens with zero attached hydrogens (tertiary/aromatic N) is 2. The second-order valence-electron chi connectivity index (χ2n) is 8.92. The molecule has 1 aromatic rings. The van der Waals surface area contributed by atoms with Gasteiger partial charge in [0.1, 0.15) is 0 Å². The monoisotopic (exact) mass is 385 g/mol. The van der Waals surface area contributed by atoms with Gasteiger partial charge in [0.2, 0.25) is 11.8 Å². The largest absolute Gasteiger partial charge is 0.355 e. The van der Waals surface area contributed by atoms with Crippen molar-refractivity contribution in [3.63, 3.8) is 0 Å². The second-order valence-corrected chi connectivity index (χ2v) is 8.92. The van der Waals surface area contributed by atoms with E-state index in [1.54, 1.807) is 0 Å². The maximum absolute atomic E-state index is 13.1. The molecule has 2 amide bonds. The number of amides is 2. The van der Waals surface area contributed by atoms with E-state index >= 15 is 0 Å². The number of benzene rings is 1. The molecule has 0 saturated carbocycles. The third kappa shape index (κ3) is 4.93. The van der Waals surface area contributed by atoms with Gasteiger partial charge in [0, 0.05) is 26.2 Å². The topological polar surface area (TPSA) is 52.7 Å². The van der Waals surface area contributed by atoms with Gasteiger partial charge in [0.05, 0.1) is 11.3 Å². The molecule has 5 nitrogen and oxygen atoms in total. The fraction of sp³-hybridized carbons (Fsp3) is 0.652. The van der Waals surface area contributed by atoms with E-state index < -0.39 is 5.41 Å². The van der Waals surface area contributed by atoms with Gasteiger partial charge in [-0.3, -0.25) is 9.59 Å². The van der Waals surface area contributed by atoms with Crippen molar-refractivity contribution in [2.24, 2.45) is 5.92 Å². The summed E-state index contributed by atoms with van der Waals surface area (Å²) in [5, 5.41) is 3.09. The maximum atomic E-state index is 13.1. The number of nitrogens with one attached hydrogen (secondary N) is 1. The van der Waals surface area contributed by atoms with Gasteiger partial charge in [-0.1, -0.05) is 36.2 Å². The number of rotatable bonds is 6. The molecule has 2 aliphatic rings. The van der Waals surface area contributed by atoms with Crippen molar-refractivity contribution in [3.05, 3.63) is 35.4 Å². The Bertz CT molecular complexity index is 678. The lowest BCUT2D eigenvalue weighted by molar-refractivity contribution is -0.135. The summed E-state index contributed by atoms with van der Waals surface area (Å²) in [5.41, 5.74) is 1.64. The Morgan fingerprint density at radius 3 is 2.43 bits per heavy atom. The molecule has 154 valence electrons. The smallest absolute Gasteiger partial charge is 0.232 e. The molecule has 3 rings (SSSR count). The summed E-state index contributed by atoms with van der Waals surface area (Å²) >= 11 is 0.